The zero-order chi connectivity index (χ0) is 107. The van der Waals surface area contributed by atoms with E-state index in [1.807, 2.05) is 188 Å². The van der Waals surface area contributed by atoms with Crippen molar-refractivity contribution in [1.29, 1.82) is 10.5 Å². The van der Waals surface area contributed by atoms with Crippen molar-refractivity contribution in [2.75, 3.05) is 42.3 Å². The van der Waals surface area contributed by atoms with E-state index in [1.54, 1.807) is 38.2 Å². The second kappa shape index (κ2) is 56.2. The molecule has 6 aromatic rings. The minimum atomic E-state index is -1.51. The van der Waals surface area contributed by atoms with Crippen LogP contribution in [0.3, 0.4) is 0 Å². The van der Waals surface area contributed by atoms with Gasteiger partial charge in [-0.05, 0) is 184 Å². The first kappa shape index (κ1) is 120. The van der Waals surface area contributed by atoms with Crippen LogP contribution in [0, 0.1) is 95.5 Å². The molecule has 2 aliphatic rings. The number of H-pyrrole nitrogens is 1. The fourth-order valence-electron chi connectivity index (χ4n) is 17.6. The molecule has 0 spiro atoms. The summed E-state index contributed by atoms with van der Waals surface area (Å²) in [5.41, 5.74) is 6.28. The van der Waals surface area contributed by atoms with Crippen LogP contribution < -0.4 is 31.9 Å². The van der Waals surface area contributed by atoms with E-state index in [0.29, 0.717) is 23.2 Å². The second-order valence-corrected chi connectivity index (χ2v) is 42.2. The van der Waals surface area contributed by atoms with Crippen molar-refractivity contribution in [2.45, 2.75) is 325 Å². The number of hydrogen-bond donors (Lipinski definition) is 7. The summed E-state index contributed by atoms with van der Waals surface area (Å²) < 4.78 is 40.4. The van der Waals surface area contributed by atoms with Crippen molar-refractivity contribution >= 4 is 121 Å². The summed E-state index contributed by atoms with van der Waals surface area (Å²) in [7, 11) is 8.73. The molecule has 784 valence electrons. The molecule has 7 N–H and O–H groups in total. The van der Waals surface area contributed by atoms with Crippen LogP contribution >= 0.6 is 15.9 Å². The van der Waals surface area contributed by atoms with Gasteiger partial charge in [0, 0.05) is 127 Å². The highest BCUT2D eigenvalue weighted by atomic mass is 79.9. The predicted molar refractivity (Wildman–Crippen MR) is 549 cm³/mol. The van der Waals surface area contributed by atoms with Crippen molar-refractivity contribution in [3.05, 3.63) is 142 Å². The molecule has 0 aliphatic carbocycles. The van der Waals surface area contributed by atoms with E-state index in [9.17, 15) is 76.8 Å². The fraction of sp³-hybridized carbons (Fsp3) is 0.593. The minimum Gasteiger partial charge on any atom is -0.451 e. The number of benzene rings is 4. The molecule has 2 saturated heterocycles. The topological polar surface area (TPSA) is 417 Å². The number of esters is 2. The van der Waals surface area contributed by atoms with Crippen molar-refractivity contribution in [3.63, 3.8) is 0 Å². The number of aromatic amines is 1. The highest BCUT2D eigenvalue weighted by Gasteiger charge is 2.45. The highest BCUT2D eigenvalue weighted by molar-refractivity contribution is 9.08. The van der Waals surface area contributed by atoms with E-state index >= 15 is 9.59 Å². The van der Waals surface area contributed by atoms with Gasteiger partial charge in [-0.1, -0.05) is 187 Å². The number of rotatable bonds is 27. The van der Waals surface area contributed by atoms with Gasteiger partial charge in [-0.2, -0.15) is 10.5 Å². The van der Waals surface area contributed by atoms with Gasteiger partial charge in [-0.3, -0.25) is 57.5 Å². The summed E-state index contributed by atoms with van der Waals surface area (Å²) in [5, 5.41) is 38.6. The third kappa shape index (κ3) is 34.8. The Morgan fingerprint density at radius 2 is 0.678 bits per heavy atom. The zero-order valence-corrected chi connectivity index (χ0v) is 90.0. The molecular formula is C108H155BrF2N16O16. The van der Waals surface area contributed by atoms with Crippen LogP contribution in [0.4, 0.5) is 8.78 Å². The Kier molecular flexibility index (Phi) is 47.0. The maximum atomic E-state index is 15.1. The molecule has 35 heteroatoms. The highest BCUT2D eigenvalue weighted by Crippen LogP contribution is 2.31. The number of para-hydroxylation sites is 2. The molecule has 0 radical (unpaired) electrons. The van der Waals surface area contributed by atoms with Crippen LogP contribution in [-0.2, 0) is 101 Å². The van der Waals surface area contributed by atoms with E-state index in [2.05, 4.69) is 52.8 Å². The van der Waals surface area contributed by atoms with Crippen LogP contribution in [0.15, 0.2) is 97.3 Å². The number of carbonyl (C=O) groups excluding carboxylic acids is 14. The van der Waals surface area contributed by atoms with Crippen molar-refractivity contribution in [2.24, 2.45) is 47.3 Å². The molecular weight excluding hydrogens is 1900 g/mol. The minimum absolute atomic E-state index is 0.0247. The van der Waals surface area contributed by atoms with Crippen LogP contribution in [0.5, 0.6) is 0 Å². The van der Waals surface area contributed by atoms with Crippen LogP contribution in [0.25, 0.3) is 21.8 Å². The van der Waals surface area contributed by atoms with E-state index in [4.69, 9.17) is 9.47 Å². The molecule has 2 aliphatic heterocycles. The fourth-order valence-corrected chi connectivity index (χ4v) is 18.0. The number of carbonyl (C=O) groups is 14. The Balaban J connectivity index is 0.000000400. The summed E-state index contributed by atoms with van der Waals surface area (Å²) >= 11 is 3.29. The lowest BCUT2D eigenvalue weighted by Crippen LogP contribution is -2.60. The molecule has 0 bridgehead atoms. The Morgan fingerprint density at radius 3 is 1.02 bits per heavy atom. The third-order valence-electron chi connectivity index (χ3n) is 25.8. The second-order valence-electron chi connectivity index (χ2n) is 41.6. The Morgan fingerprint density at radius 1 is 0.378 bits per heavy atom. The molecule has 0 saturated carbocycles. The van der Waals surface area contributed by atoms with Gasteiger partial charge in [-0.25, -0.2) is 18.4 Å². The summed E-state index contributed by atoms with van der Waals surface area (Å²) in [5.74, 6) is -10.8. The smallest absolute Gasteiger partial charge is 0.329 e. The quantitative estimate of drug-likeness (QED) is 0.0186. The predicted octanol–water partition coefficient (Wildman–Crippen LogP) is 13.2. The van der Waals surface area contributed by atoms with Crippen LogP contribution in [-0.4, -0.2) is 249 Å². The summed E-state index contributed by atoms with van der Waals surface area (Å²) in [6.07, 6.45) is 1.46. The number of ether oxygens (including phenoxy) is 2. The van der Waals surface area contributed by atoms with Gasteiger partial charge in [0.05, 0.1) is 12.1 Å². The van der Waals surface area contributed by atoms with Gasteiger partial charge in [0.1, 0.15) is 84.1 Å². The lowest BCUT2D eigenvalue weighted by Gasteiger charge is -2.35. The lowest BCUT2D eigenvalue weighted by molar-refractivity contribution is -0.163. The number of likely N-dealkylation sites (N-methyl/N-ethyl adjacent to an activating group) is 6. The molecule has 4 heterocycles. The van der Waals surface area contributed by atoms with Crippen LogP contribution in [0.1, 0.15) is 235 Å². The van der Waals surface area contributed by atoms with E-state index in [-0.39, 0.29) is 149 Å². The number of alkyl halides is 1. The number of amides is 12. The van der Waals surface area contributed by atoms with E-state index in [0.717, 1.165) is 53.6 Å². The number of aromatic nitrogens is 2. The number of aryl methyl sites for hydroxylation is 2. The van der Waals surface area contributed by atoms with Crippen molar-refractivity contribution < 1.29 is 85.4 Å². The number of fused-ring (bicyclic) bond motifs is 2. The monoisotopic (exact) mass is 2050 g/mol. The third-order valence-corrected chi connectivity index (χ3v) is 26.4. The average Bonchev–Trinajstić information content (AvgIpc) is 1.66. The summed E-state index contributed by atoms with van der Waals surface area (Å²) in [6.45, 7) is 36.9. The lowest BCUT2D eigenvalue weighted by atomic mass is 9.96. The molecule has 32 nitrogen and oxygen atoms in total. The van der Waals surface area contributed by atoms with Crippen molar-refractivity contribution in [1.82, 2.24) is 70.9 Å². The number of halogens is 3. The maximum Gasteiger partial charge on any atom is 0.329 e. The van der Waals surface area contributed by atoms with Crippen molar-refractivity contribution in [3.8, 4) is 12.1 Å². The van der Waals surface area contributed by atoms with Crippen LogP contribution in [0.2, 0.25) is 0 Å². The first-order valence-electron chi connectivity index (χ1n) is 49.9. The SMILES string of the molecule is CC(C)C[C@@H]1NC(=O)[C@H](Cc2c[nH]c3ccccc23)N(C)C(=O)[C@H](CC(C)C)NC(=O)[C@H](CC(C)C)N(C)C(=O)[C@H](CC(C)C)NC(=O)[C@@H](CCC#N)OC(=O)[C@H](C)N(C)C1=O.Cc1cc(CBr)ccc1F.Cc1cc(Cn2cc(C[C@H]3C(=O)N[C@@H](CC(C)C)C(=O)N(C)[C@@H](C)C(=O)O[C@H](CCC#N)C(=O)N[C@@H](CC(C)C)C(=O)N(C)[C@@H](CC(C)C)C(=O)N[C@@H](CC(C)C)C(=O)N3C)c3ccccc32)ccc1F. The summed E-state index contributed by atoms with van der Waals surface area (Å²) in [4.78, 5) is 213. The Hall–Kier alpha value is -12.1. The zero-order valence-electron chi connectivity index (χ0n) is 88.4. The number of nitrogens with zero attached hydrogens (tertiary/aromatic N) is 9. The van der Waals surface area contributed by atoms with Gasteiger partial charge in [-0.15, -0.1) is 0 Å². The first-order valence-corrected chi connectivity index (χ1v) is 51.0. The molecule has 2 fully saturated rings. The number of nitriles is 2. The molecule has 2 aromatic heterocycles. The molecule has 12 amide bonds. The maximum absolute atomic E-state index is 15.1. The standard InChI is InChI=1S/C54H77FN8O8.C46H70N8O8.C8H8BrF/c1-31(2)23-41-51(67)60(11)36(10)54(70)71-47(19-16-22-56)50(66)59-43(25-33(5)6)53(69)61(12)45(26-34(7)8)48(64)58-42(24-32(3)4)52(68)62(13)46(49(65)57-41)28-38-30-63(44-18-15-14-17-39(38)44)29-37-20-21-40(55)35(9)27-37;1-26(2)20-34-43(58)52(10)30(9)46(61)62-39(18-15-19-47)42(57)51-36(22-28(5)6)45(60)53(11)37(23-29(7)8)40(55)50-35(21-27(3)4)44(59)54(12)38(41(56)49-34)24-31-25-48-33-17-14-13-16-32(31)33;1-6-4-7(5-9)2-3-8(6)10/h14-15,17-18,20-21,27,30-34,36,41-43,45-47H,16,19,23-26,28-29H2,1-13H3,(H,57,65)(H,58,64)(H,59,66);13-14,16-17,25-30,34-39,48H,15,18,20-24H2,1-12H3,(H,49,56)(H,50,55)(H,51,57);2-4H,5H2,1H3/t36-,41-,42-,43-,45-,46-,47+;30-,34-,35-,36-,37-,38-,39+;/m00./s1. The molecule has 8 rings (SSSR count). The largest absolute Gasteiger partial charge is 0.451 e. The Bertz CT molecular complexity index is 5470. The normalized spacial score (nSPS) is 22.8. The number of cyclic esters (lactones) is 2. The van der Waals surface area contributed by atoms with E-state index in [1.165, 1.54) is 87.9 Å². The molecule has 0 unspecified atom stereocenters. The van der Waals surface area contributed by atoms with Gasteiger partial charge in [0.2, 0.25) is 59.1 Å². The number of nitrogens with one attached hydrogen (secondary N) is 7. The average molecular weight is 2050 g/mol. The molecule has 14 atom stereocenters. The van der Waals surface area contributed by atoms with Gasteiger partial charge >= 0.3 is 11.9 Å². The van der Waals surface area contributed by atoms with Gasteiger partial charge in [0.25, 0.3) is 11.8 Å². The summed E-state index contributed by atoms with van der Waals surface area (Å²) in [6, 6.07) is 15.1. The van der Waals surface area contributed by atoms with Gasteiger partial charge in [0.15, 0.2) is 12.2 Å². The van der Waals surface area contributed by atoms with Gasteiger partial charge < -0.3 is 80.3 Å². The number of hydrogen-bond acceptors (Lipinski definition) is 18. The first-order chi connectivity index (χ1) is 67.1. The Labute approximate surface area is 851 Å². The molecule has 4 aromatic carbocycles. The molecule has 143 heavy (non-hydrogen) atoms. The van der Waals surface area contributed by atoms with E-state index < -0.39 is 168 Å².